The summed E-state index contributed by atoms with van der Waals surface area (Å²) in [7, 11) is -2.11. The predicted molar refractivity (Wildman–Crippen MR) is 97.6 cm³/mol. The van der Waals surface area contributed by atoms with Gasteiger partial charge in [0, 0.05) is 36.5 Å². The van der Waals surface area contributed by atoms with Gasteiger partial charge in [0.25, 0.3) is 11.6 Å². The van der Waals surface area contributed by atoms with Crippen LogP contribution >= 0.6 is 0 Å². The lowest BCUT2D eigenvalue weighted by Gasteiger charge is -2.21. The number of hydrogen-bond donors (Lipinski definition) is 1. The Kier molecular flexibility index (Phi) is 5.73. The minimum absolute atomic E-state index is 0.113. The second kappa shape index (κ2) is 7.63. The second-order valence-electron chi connectivity index (χ2n) is 5.90. The number of nitro groups is 1. The number of hydrogen-bond acceptors (Lipinski definition) is 5. The van der Waals surface area contributed by atoms with Gasteiger partial charge >= 0.3 is 0 Å². The number of nitrogens with zero attached hydrogens (tertiary/aromatic N) is 2. The Morgan fingerprint density at radius 2 is 1.77 bits per heavy atom. The zero-order chi connectivity index (χ0) is 19.5. The van der Waals surface area contributed by atoms with Crippen molar-refractivity contribution in [3.05, 3.63) is 64.2 Å². The Hall–Kier alpha value is -2.78. The van der Waals surface area contributed by atoms with E-state index in [0.29, 0.717) is 5.69 Å². The van der Waals surface area contributed by atoms with Gasteiger partial charge in [0.15, 0.2) is 0 Å². The molecule has 138 valence electrons. The van der Waals surface area contributed by atoms with Crippen molar-refractivity contribution in [2.24, 2.45) is 0 Å². The SMILES string of the molecule is CC(C)N(C)S(=O)(=O)c1ccc(NC(=O)c2cccc([N+](=O)[O-])c2)cc1. The standard InChI is InChI=1S/C17H19N3O5S/c1-12(2)19(3)26(24,25)16-9-7-14(8-10-16)18-17(21)13-5-4-6-15(11-13)20(22)23/h4-12H,1-3H3,(H,18,21). The Morgan fingerprint density at radius 3 is 2.31 bits per heavy atom. The van der Waals surface area contributed by atoms with E-state index in [0.717, 1.165) is 0 Å². The van der Waals surface area contributed by atoms with Crippen LogP contribution in [-0.2, 0) is 10.0 Å². The number of anilines is 1. The maximum absolute atomic E-state index is 12.4. The second-order valence-corrected chi connectivity index (χ2v) is 7.90. The van der Waals surface area contributed by atoms with Crippen molar-refractivity contribution >= 4 is 27.3 Å². The zero-order valence-electron chi connectivity index (χ0n) is 14.5. The quantitative estimate of drug-likeness (QED) is 0.615. The normalized spacial score (nSPS) is 11.6. The molecule has 0 heterocycles. The van der Waals surface area contributed by atoms with Crippen molar-refractivity contribution < 1.29 is 18.1 Å². The lowest BCUT2D eigenvalue weighted by atomic mass is 10.2. The van der Waals surface area contributed by atoms with Gasteiger partial charge in [-0.1, -0.05) is 6.07 Å². The molecule has 8 nitrogen and oxygen atoms in total. The molecule has 0 fully saturated rings. The van der Waals surface area contributed by atoms with Gasteiger partial charge in [-0.15, -0.1) is 0 Å². The molecule has 26 heavy (non-hydrogen) atoms. The fraction of sp³-hybridized carbons (Fsp3) is 0.235. The number of rotatable bonds is 6. The molecule has 0 bridgehead atoms. The first kappa shape index (κ1) is 19.5. The summed E-state index contributed by atoms with van der Waals surface area (Å²) in [5.74, 6) is -0.524. The first-order chi connectivity index (χ1) is 12.1. The largest absolute Gasteiger partial charge is 0.322 e. The van der Waals surface area contributed by atoms with Crippen LogP contribution in [0.1, 0.15) is 24.2 Å². The molecular weight excluding hydrogens is 358 g/mol. The van der Waals surface area contributed by atoms with Crippen LogP contribution in [0.3, 0.4) is 0 Å². The number of carbonyl (C=O) groups is 1. The van der Waals surface area contributed by atoms with Crippen LogP contribution in [0.2, 0.25) is 0 Å². The van der Waals surface area contributed by atoms with Crippen LogP contribution in [-0.4, -0.2) is 36.6 Å². The molecule has 0 aliphatic carbocycles. The van der Waals surface area contributed by atoms with E-state index < -0.39 is 20.9 Å². The maximum Gasteiger partial charge on any atom is 0.270 e. The van der Waals surface area contributed by atoms with E-state index in [2.05, 4.69) is 5.32 Å². The lowest BCUT2D eigenvalue weighted by Crippen LogP contribution is -2.33. The molecule has 1 amide bonds. The molecule has 0 aromatic heterocycles. The molecule has 0 atom stereocenters. The first-order valence-electron chi connectivity index (χ1n) is 7.77. The summed E-state index contributed by atoms with van der Waals surface area (Å²) in [6, 6.07) is 10.9. The van der Waals surface area contributed by atoms with Gasteiger partial charge in [0.2, 0.25) is 10.0 Å². The number of nitro benzene ring substituents is 1. The van der Waals surface area contributed by atoms with Gasteiger partial charge in [0.1, 0.15) is 0 Å². The number of sulfonamides is 1. The van der Waals surface area contributed by atoms with E-state index in [-0.39, 0.29) is 22.2 Å². The third-order valence-corrected chi connectivity index (χ3v) is 5.88. The third kappa shape index (κ3) is 4.24. The summed E-state index contributed by atoms with van der Waals surface area (Å²) < 4.78 is 26.1. The van der Waals surface area contributed by atoms with Crippen molar-refractivity contribution in [1.82, 2.24) is 4.31 Å². The number of amides is 1. The molecule has 0 saturated heterocycles. The molecule has 0 spiro atoms. The summed E-state index contributed by atoms with van der Waals surface area (Å²) in [6.07, 6.45) is 0. The molecule has 0 radical (unpaired) electrons. The van der Waals surface area contributed by atoms with Gasteiger partial charge in [-0.2, -0.15) is 4.31 Å². The van der Waals surface area contributed by atoms with E-state index in [1.807, 2.05) is 0 Å². The number of non-ortho nitro benzene ring substituents is 1. The highest BCUT2D eigenvalue weighted by Gasteiger charge is 2.23. The van der Waals surface area contributed by atoms with Crippen LogP contribution in [0.25, 0.3) is 0 Å². The zero-order valence-corrected chi connectivity index (χ0v) is 15.4. The van der Waals surface area contributed by atoms with Crippen molar-refractivity contribution in [3.63, 3.8) is 0 Å². The van der Waals surface area contributed by atoms with E-state index in [4.69, 9.17) is 0 Å². The molecule has 1 N–H and O–H groups in total. The first-order valence-corrected chi connectivity index (χ1v) is 9.21. The van der Waals surface area contributed by atoms with Crippen LogP contribution < -0.4 is 5.32 Å². The van der Waals surface area contributed by atoms with Crippen LogP contribution in [0.4, 0.5) is 11.4 Å². The van der Waals surface area contributed by atoms with Gasteiger partial charge in [-0.3, -0.25) is 14.9 Å². The summed E-state index contributed by atoms with van der Waals surface area (Å²) >= 11 is 0. The van der Waals surface area contributed by atoms with Crippen LogP contribution in [0.5, 0.6) is 0 Å². The molecule has 2 aromatic rings. The Bertz CT molecular complexity index is 924. The summed E-state index contributed by atoms with van der Waals surface area (Å²) in [4.78, 5) is 22.5. The number of carbonyl (C=O) groups excluding carboxylic acids is 1. The average molecular weight is 377 g/mol. The van der Waals surface area contributed by atoms with E-state index >= 15 is 0 Å². The maximum atomic E-state index is 12.4. The van der Waals surface area contributed by atoms with Gasteiger partial charge < -0.3 is 5.32 Å². The van der Waals surface area contributed by atoms with Gasteiger partial charge in [-0.25, -0.2) is 8.42 Å². The minimum Gasteiger partial charge on any atom is -0.322 e. The Labute approximate surface area is 151 Å². The molecule has 0 aliphatic rings. The van der Waals surface area contributed by atoms with Crippen molar-refractivity contribution in [1.29, 1.82) is 0 Å². The molecule has 0 unspecified atom stereocenters. The highest BCUT2D eigenvalue weighted by Crippen LogP contribution is 2.20. The summed E-state index contributed by atoms with van der Waals surface area (Å²) in [5.41, 5.74) is 0.332. The topological polar surface area (TPSA) is 110 Å². The van der Waals surface area contributed by atoms with Gasteiger partial charge in [0.05, 0.1) is 9.82 Å². The van der Waals surface area contributed by atoms with Crippen molar-refractivity contribution in [2.75, 3.05) is 12.4 Å². The summed E-state index contributed by atoms with van der Waals surface area (Å²) in [6.45, 7) is 3.54. The van der Waals surface area contributed by atoms with Crippen LogP contribution in [0.15, 0.2) is 53.4 Å². The number of benzene rings is 2. The Balaban J connectivity index is 2.18. The average Bonchev–Trinajstić information content (AvgIpc) is 2.61. The molecule has 0 aliphatic heterocycles. The fourth-order valence-electron chi connectivity index (χ4n) is 2.12. The monoisotopic (exact) mass is 377 g/mol. The van der Waals surface area contributed by atoms with Crippen molar-refractivity contribution in [3.8, 4) is 0 Å². The smallest absolute Gasteiger partial charge is 0.270 e. The van der Waals surface area contributed by atoms with Gasteiger partial charge in [-0.05, 0) is 44.2 Å². The van der Waals surface area contributed by atoms with Crippen LogP contribution in [0, 0.1) is 10.1 Å². The highest BCUT2D eigenvalue weighted by atomic mass is 32.2. The van der Waals surface area contributed by atoms with Crippen molar-refractivity contribution in [2.45, 2.75) is 24.8 Å². The fourth-order valence-corrected chi connectivity index (χ4v) is 3.49. The number of nitrogens with one attached hydrogen (secondary N) is 1. The third-order valence-electron chi connectivity index (χ3n) is 3.84. The lowest BCUT2D eigenvalue weighted by molar-refractivity contribution is -0.384. The van der Waals surface area contributed by atoms with E-state index in [9.17, 15) is 23.3 Å². The predicted octanol–water partition coefficient (Wildman–Crippen LogP) is 2.88. The molecule has 2 rings (SSSR count). The molecule has 0 saturated carbocycles. The van der Waals surface area contributed by atoms with E-state index in [1.54, 1.807) is 13.8 Å². The molecular formula is C17H19N3O5S. The minimum atomic E-state index is -3.61. The summed E-state index contributed by atoms with van der Waals surface area (Å²) in [5, 5.41) is 13.4. The molecule has 9 heteroatoms. The Morgan fingerprint density at radius 1 is 1.15 bits per heavy atom. The molecule has 2 aromatic carbocycles. The highest BCUT2D eigenvalue weighted by molar-refractivity contribution is 7.89. The van der Waals surface area contributed by atoms with E-state index in [1.165, 1.54) is 59.9 Å².